The van der Waals surface area contributed by atoms with Gasteiger partial charge in [0, 0.05) is 18.3 Å². The second-order valence-corrected chi connectivity index (χ2v) is 12.0. The van der Waals surface area contributed by atoms with Crippen LogP contribution in [0.1, 0.15) is 45.5 Å². The smallest absolute Gasteiger partial charge is 0.228 e. The van der Waals surface area contributed by atoms with E-state index >= 15 is 0 Å². The molecule has 1 aromatic heterocycles. The molecular weight excluding hydrogens is 524 g/mol. The van der Waals surface area contributed by atoms with Gasteiger partial charge in [0.2, 0.25) is 5.91 Å². The highest BCUT2D eigenvalue weighted by molar-refractivity contribution is 7.91. The molecule has 0 aliphatic heterocycles. The van der Waals surface area contributed by atoms with Crippen molar-refractivity contribution in [2.24, 2.45) is 0 Å². The topological polar surface area (TPSA) is 90.3 Å². The number of fused-ring (bicyclic) bond motifs is 1. The predicted octanol–water partition coefficient (Wildman–Crippen LogP) is 6.01. The molecule has 0 saturated carbocycles. The Labute approximate surface area is 226 Å². The second-order valence-electron chi connectivity index (χ2n) is 9.75. The van der Waals surface area contributed by atoms with Crippen LogP contribution in [0.25, 0.3) is 11.0 Å². The number of carbonyl (C=O) groups is 1. The Hall–Kier alpha value is -3.79. The van der Waals surface area contributed by atoms with Crippen LogP contribution >= 0.6 is 0 Å². The summed E-state index contributed by atoms with van der Waals surface area (Å²) in [5.41, 5.74) is 1.64. The van der Waals surface area contributed by atoms with E-state index in [-0.39, 0.29) is 28.7 Å². The average Bonchev–Trinajstić information content (AvgIpc) is 3.25. The number of benzene rings is 3. The maximum atomic E-state index is 14.3. The van der Waals surface area contributed by atoms with E-state index in [9.17, 15) is 22.0 Å². The van der Waals surface area contributed by atoms with E-state index in [4.69, 9.17) is 9.72 Å². The van der Waals surface area contributed by atoms with Crippen LogP contribution in [0, 0.1) is 11.6 Å². The second kappa shape index (κ2) is 11.1. The molecular formula is C29H31F2N3O4S. The van der Waals surface area contributed by atoms with Crippen molar-refractivity contribution in [1.82, 2.24) is 9.55 Å². The highest BCUT2D eigenvalue weighted by Gasteiger charge is 2.31. The van der Waals surface area contributed by atoms with Crippen LogP contribution < -0.4 is 10.1 Å². The minimum absolute atomic E-state index is 0.0114. The summed E-state index contributed by atoms with van der Waals surface area (Å²) in [7, 11) is -3.30. The predicted molar refractivity (Wildman–Crippen MR) is 147 cm³/mol. The number of nitrogens with zero attached hydrogens (tertiary/aromatic N) is 2. The van der Waals surface area contributed by atoms with Crippen molar-refractivity contribution in [3.05, 3.63) is 83.7 Å². The molecule has 1 amide bonds. The first-order chi connectivity index (χ1) is 18.4. The summed E-state index contributed by atoms with van der Waals surface area (Å²) in [6.07, 6.45) is 0.889. The molecule has 0 atom stereocenters. The number of aromatic nitrogens is 2. The summed E-state index contributed by atoms with van der Waals surface area (Å²) >= 11 is 0. The lowest BCUT2D eigenvalue weighted by molar-refractivity contribution is -0.115. The van der Waals surface area contributed by atoms with Crippen LogP contribution in [-0.2, 0) is 33.2 Å². The quantitative estimate of drug-likeness (QED) is 0.259. The van der Waals surface area contributed by atoms with Crippen molar-refractivity contribution < 1.29 is 26.7 Å². The third-order valence-corrected chi connectivity index (χ3v) is 8.05. The Morgan fingerprint density at radius 1 is 1.03 bits per heavy atom. The Bertz CT molecular complexity index is 1610. The van der Waals surface area contributed by atoms with Crippen LogP contribution in [-0.4, -0.2) is 29.6 Å². The summed E-state index contributed by atoms with van der Waals surface area (Å²) in [5.74, 6) is -1.25. The number of hydrogen-bond acceptors (Lipinski definition) is 5. The summed E-state index contributed by atoms with van der Waals surface area (Å²) in [6, 6.07) is 14.9. The standard InChI is InChI=1S/C29H31F2N3O4S/c1-5-15-34-25-13-10-21(32-27(35)16-19-7-11-22(12-8-19)39(36,37)6-2)18-24(25)33-28(34)29(3,4)38-26-14-9-20(30)17-23(26)31/h7-14,17-18H,5-6,15-16H2,1-4H3,(H,32,35). The number of nitrogens with one attached hydrogen (secondary N) is 1. The molecule has 7 nitrogen and oxygen atoms in total. The first-order valence-electron chi connectivity index (χ1n) is 12.7. The van der Waals surface area contributed by atoms with Gasteiger partial charge >= 0.3 is 0 Å². The molecule has 4 aromatic rings. The van der Waals surface area contributed by atoms with Crippen molar-refractivity contribution in [2.75, 3.05) is 11.1 Å². The molecule has 206 valence electrons. The van der Waals surface area contributed by atoms with Gasteiger partial charge in [-0.25, -0.2) is 22.2 Å². The van der Waals surface area contributed by atoms with E-state index in [0.717, 1.165) is 24.1 Å². The molecule has 10 heteroatoms. The Balaban J connectivity index is 1.56. The maximum Gasteiger partial charge on any atom is 0.228 e. The molecule has 0 spiro atoms. The molecule has 0 radical (unpaired) electrons. The minimum atomic E-state index is -3.30. The summed E-state index contributed by atoms with van der Waals surface area (Å²) in [5, 5.41) is 2.87. The van der Waals surface area contributed by atoms with Crippen molar-refractivity contribution in [2.45, 2.75) is 57.6 Å². The van der Waals surface area contributed by atoms with Crippen LogP contribution in [0.15, 0.2) is 65.6 Å². The van der Waals surface area contributed by atoms with Crippen LogP contribution in [0.4, 0.5) is 14.5 Å². The number of anilines is 1. The van der Waals surface area contributed by atoms with Crippen LogP contribution in [0.3, 0.4) is 0 Å². The van der Waals surface area contributed by atoms with Gasteiger partial charge in [-0.05, 0) is 68.3 Å². The van der Waals surface area contributed by atoms with Crippen molar-refractivity contribution in [3.63, 3.8) is 0 Å². The fraction of sp³-hybridized carbons (Fsp3) is 0.310. The molecule has 0 aliphatic rings. The fourth-order valence-corrected chi connectivity index (χ4v) is 5.25. The zero-order valence-electron chi connectivity index (χ0n) is 22.3. The maximum absolute atomic E-state index is 14.3. The Kier molecular flexibility index (Phi) is 8.06. The number of halogens is 2. The van der Waals surface area contributed by atoms with Gasteiger partial charge in [-0.15, -0.1) is 0 Å². The number of carbonyl (C=O) groups excluding carboxylic acids is 1. The number of sulfone groups is 1. The van der Waals surface area contributed by atoms with Gasteiger partial charge in [-0.3, -0.25) is 4.79 Å². The first-order valence-corrected chi connectivity index (χ1v) is 14.3. The fourth-order valence-electron chi connectivity index (χ4n) is 4.37. The lowest BCUT2D eigenvalue weighted by Gasteiger charge is -2.27. The molecule has 0 saturated heterocycles. The molecule has 0 aliphatic carbocycles. The van der Waals surface area contributed by atoms with Crippen LogP contribution in [0.2, 0.25) is 0 Å². The molecule has 0 bridgehead atoms. The van der Waals surface area contributed by atoms with Gasteiger partial charge in [0.15, 0.2) is 32.8 Å². The van der Waals surface area contributed by atoms with E-state index in [1.54, 1.807) is 45.0 Å². The van der Waals surface area contributed by atoms with Gasteiger partial charge in [-0.2, -0.15) is 0 Å². The molecule has 1 N–H and O–H groups in total. The SMILES string of the molecule is CCCn1c(C(C)(C)Oc2ccc(F)cc2F)nc2cc(NC(=O)Cc3ccc(S(=O)(=O)CC)cc3)ccc21. The molecule has 3 aromatic carbocycles. The molecule has 4 rings (SSSR count). The number of imidazole rings is 1. The lowest BCUT2D eigenvalue weighted by Crippen LogP contribution is -2.30. The van der Waals surface area contributed by atoms with Crippen molar-refractivity contribution in [1.29, 1.82) is 0 Å². The normalized spacial score (nSPS) is 12.1. The number of hydrogen-bond donors (Lipinski definition) is 1. The average molecular weight is 556 g/mol. The lowest BCUT2D eigenvalue weighted by atomic mass is 10.1. The Morgan fingerprint density at radius 3 is 2.38 bits per heavy atom. The van der Waals surface area contributed by atoms with E-state index in [0.29, 0.717) is 29.1 Å². The van der Waals surface area contributed by atoms with E-state index in [1.165, 1.54) is 18.2 Å². The summed E-state index contributed by atoms with van der Waals surface area (Å²) in [6.45, 7) is 7.79. The minimum Gasteiger partial charge on any atom is -0.477 e. The zero-order chi connectivity index (χ0) is 28.4. The van der Waals surface area contributed by atoms with E-state index in [2.05, 4.69) is 5.32 Å². The number of ether oxygens (including phenoxy) is 1. The third kappa shape index (κ3) is 6.27. The van der Waals surface area contributed by atoms with Gasteiger partial charge < -0.3 is 14.6 Å². The van der Waals surface area contributed by atoms with E-state index in [1.807, 2.05) is 17.6 Å². The highest BCUT2D eigenvalue weighted by atomic mass is 32.2. The summed E-state index contributed by atoms with van der Waals surface area (Å²) in [4.78, 5) is 17.7. The summed E-state index contributed by atoms with van der Waals surface area (Å²) < 4.78 is 59.6. The molecule has 0 fully saturated rings. The third-order valence-electron chi connectivity index (χ3n) is 6.30. The zero-order valence-corrected chi connectivity index (χ0v) is 23.1. The van der Waals surface area contributed by atoms with Crippen molar-refractivity contribution >= 4 is 32.5 Å². The van der Waals surface area contributed by atoms with E-state index < -0.39 is 27.1 Å². The van der Waals surface area contributed by atoms with Gasteiger partial charge in [0.1, 0.15) is 5.82 Å². The van der Waals surface area contributed by atoms with Crippen molar-refractivity contribution in [3.8, 4) is 5.75 Å². The monoisotopic (exact) mass is 555 g/mol. The largest absolute Gasteiger partial charge is 0.477 e. The highest BCUT2D eigenvalue weighted by Crippen LogP contribution is 2.32. The molecule has 0 unspecified atom stereocenters. The first kappa shape index (κ1) is 28.2. The Morgan fingerprint density at radius 2 is 1.74 bits per heavy atom. The number of amides is 1. The van der Waals surface area contributed by atoms with Gasteiger partial charge in [-0.1, -0.05) is 26.0 Å². The molecule has 1 heterocycles. The van der Waals surface area contributed by atoms with Gasteiger partial charge in [0.25, 0.3) is 0 Å². The van der Waals surface area contributed by atoms with Gasteiger partial charge in [0.05, 0.1) is 28.1 Å². The van der Waals surface area contributed by atoms with Crippen LogP contribution in [0.5, 0.6) is 5.75 Å². The number of aryl methyl sites for hydroxylation is 1. The number of rotatable bonds is 10. The molecule has 39 heavy (non-hydrogen) atoms.